The molecule has 11 nitrogen and oxygen atoms in total. The van der Waals surface area contributed by atoms with Gasteiger partial charge in [-0.3, -0.25) is 20.3 Å². The first-order valence-corrected chi connectivity index (χ1v) is 8.99. The van der Waals surface area contributed by atoms with Crippen LogP contribution < -0.4 is 10.6 Å². The number of hydrogen-bond acceptors (Lipinski definition) is 10. The summed E-state index contributed by atoms with van der Waals surface area (Å²) in [6.07, 6.45) is 1.41. The van der Waals surface area contributed by atoms with Gasteiger partial charge in [-0.2, -0.15) is 0 Å². The molecule has 0 aliphatic carbocycles. The third kappa shape index (κ3) is 3.34. The van der Waals surface area contributed by atoms with Crippen molar-refractivity contribution in [2.24, 2.45) is 0 Å². The van der Waals surface area contributed by atoms with Crippen LogP contribution in [0.2, 0.25) is 5.02 Å². The first-order chi connectivity index (χ1) is 13.8. The average Bonchev–Trinajstić information content (AvgIpc) is 3.36. The summed E-state index contributed by atoms with van der Waals surface area (Å²) in [5.74, 6) is -0.303. The highest BCUT2D eigenvalue weighted by Gasteiger charge is 2.37. The van der Waals surface area contributed by atoms with Gasteiger partial charge in [-0.05, 0) is 46.3 Å². The molecule has 4 rings (SSSR count). The van der Waals surface area contributed by atoms with E-state index in [-0.39, 0.29) is 44.5 Å². The number of halogens is 1. The van der Waals surface area contributed by atoms with Gasteiger partial charge in [0.25, 0.3) is 11.6 Å². The molecule has 0 unspecified atom stereocenters. The highest BCUT2D eigenvalue weighted by atomic mass is 35.5. The summed E-state index contributed by atoms with van der Waals surface area (Å²) in [7, 11) is 0. The minimum atomic E-state index is -0.561. The number of nitrogens with zero attached hydrogens (tertiary/aromatic N) is 4. The number of rotatable bonds is 4. The largest absolute Gasteiger partial charge is 0.456 e. The van der Waals surface area contributed by atoms with E-state index in [1.165, 1.54) is 30.3 Å². The molecular formula is C16H9ClN6O5S. The molecule has 13 heteroatoms. The number of anilines is 2. The number of thioether (sulfide) groups is 1. The predicted molar refractivity (Wildman–Crippen MR) is 105 cm³/mol. The first-order valence-electron chi connectivity index (χ1n) is 7.80. The lowest BCUT2D eigenvalue weighted by atomic mass is 10.1. The van der Waals surface area contributed by atoms with Crippen LogP contribution in [0.4, 0.5) is 17.3 Å². The number of carbonyl (C=O) groups is 1. The Hall–Kier alpha value is -3.64. The molecule has 0 bridgehead atoms. The number of carbonyl (C=O) groups excluding carboxylic acids is 1. The second-order valence-corrected chi connectivity index (χ2v) is 7.12. The van der Waals surface area contributed by atoms with Crippen LogP contribution in [0.1, 0.15) is 5.76 Å². The van der Waals surface area contributed by atoms with Gasteiger partial charge in [-0.25, -0.2) is 9.53 Å². The van der Waals surface area contributed by atoms with Crippen molar-refractivity contribution < 1.29 is 18.8 Å². The molecule has 1 saturated heterocycles. The van der Waals surface area contributed by atoms with E-state index < -0.39 is 10.8 Å². The SMILES string of the molecule is N=C1SC(=Cc2ccc(-c3cc(Cl)ccc3[N+](=O)[O-])o2)C(=O)N1c1nonc1N. The number of amidine groups is 1. The monoisotopic (exact) mass is 432 g/mol. The number of amides is 1. The summed E-state index contributed by atoms with van der Waals surface area (Å²) >= 11 is 6.81. The van der Waals surface area contributed by atoms with E-state index in [1.54, 1.807) is 6.07 Å². The van der Waals surface area contributed by atoms with Crippen LogP contribution in [0, 0.1) is 15.5 Å². The summed E-state index contributed by atoms with van der Waals surface area (Å²) in [4.78, 5) is 24.4. The molecule has 3 N–H and O–H groups in total. The van der Waals surface area contributed by atoms with Crippen LogP contribution in [0.5, 0.6) is 0 Å². The van der Waals surface area contributed by atoms with Crippen LogP contribution in [0.15, 0.2) is 44.3 Å². The van der Waals surface area contributed by atoms with E-state index in [1.807, 2.05) is 0 Å². The van der Waals surface area contributed by atoms with E-state index in [0.717, 1.165) is 16.7 Å². The van der Waals surface area contributed by atoms with Gasteiger partial charge in [0.15, 0.2) is 5.17 Å². The highest BCUT2D eigenvalue weighted by molar-refractivity contribution is 8.19. The fourth-order valence-electron chi connectivity index (χ4n) is 2.59. The third-order valence-electron chi connectivity index (χ3n) is 3.85. The smallest absolute Gasteiger partial charge is 0.280 e. The number of hydrogen-bond donors (Lipinski definition) is 2. The van der Waals surface area contributed by atoms with Gasteiger partial charge >= 0.3 is 0 Å². The zero-order chi connectivity index (χ0) is 20.7. The maximum absolute atomic E-state index is 12.6. The molecule has 1 aliphatic rings. The maximum Gasteiger partial charge on any atom is 0.280 e. The molecule has 1 fully saturated rings. The normalized spacial score (nSPS) is 15.5. The zero-order valence-corrected chi connectivity index (χ0v) is 15.7. The molecule has 0 saturated carbocycles. The Morgan fingerprint density at radius 3 is 2.79 bits per heavy atom. The Bertz CT molecular complexity index is 1200. The molecular weight excluding hydrogens is 424 g/mol. The number of aromatic nitrogens is 2. The molecule has 146 valence electrons. The lowest BCUT2D eigenvalue weighted by molar-refractivity contribution is -0.384. The standard InChI is InChI=1S/C16H9ClN6O5S/c17-7-1-3-10(23(25)26)9(5-7)11-4-2-8(27-11)6-12-15(24)22(16(19)29-12)14-13(18)20-28-21-14/h1-6,19H,(H2,18,20). The van der Waals surface area contributed by atoms with E-state index in [9.17, 15) is 14.9 Å². The molecule has 1 amide bonds. The number of nitrogens with two attached hydrogens (primary N) is 1. The zero-order valence-electron chi connectivity index (χ0n) is 14.2. The summed E-state index contributed by atoms with van der Waals surface area (Å²) in [5.41, 5.74) is 5.62. The summed E-state index contributed by atoms with van der Waals surface area (Å²) in [6.45, 7) is 0. The second-order valence-electron chi connectivity index (χ2n) is 5.65. The summed E-state index contributed by atoms with van der Waals surface area (Å²) in [6, 6.07) is 7.18. The number of nitrogens with one attached hydrogen (secondary N) is 1. The molecule has 0 radical (unpaired) electrons. The van der Waals surface area contributed by atoms with Crippen LogP contribution >= 0.6 is 23.4 Å². The quantitative estimate of drug-likeness (QED) is 0.356. The van der Waals surface area contributed by atoms with Gasteiger partial charge in [-0.1, -0.05) is 11.6 Å². The second kappa shape index (κ2) is 7.07. The van der Waals surface area contributed by atoms with Crippen molar-refractivity contribution in [1.82, 2.24) is 10.3 Å². The van der Waals surface area contributed by atoms with Gasteiger partial charge in [0.1, 0.15) is 11.5 Å². The van der Waals surface area contributed by atoms with Gasteiger partial charge in [0, 0.05) is 17.2 Å². The Balaban J connectivity index is 1.67. The Kier molecular flexibility index (Phi) is 4.56. The number of benzene rings is 1. The predicted octanol–water partition coefficient (Wildman–Crippen LogP) is 3.53. The van der Waals surface area contributed by atoms with Crippen LogP contribution in [0.3, 0.4) is 0 Å². The van der Waals surface area contributed by atoms with Crippen molar-refractivity contribution in [1.29, 1.82) is 5.41 Å². The molecule has 1 aliphatic heterocycles. The minimum Gasteiger partial charge on any atom is -0.456 e. The third-order valence-corrected chi connectivity index (χ3v) is 4.98. The highest BCUT2D eigenvalue weighted by Crippen LogP contribution is 2.38. The number of nitro groups is 1. The van der Waals surface area contributed by atoms with Crippen molar-refractivity contribution in [3.63, 3.8) is 0 Å². The minimum absolute atomic E-state index is 0.0782. The van der Waals surface area contributed by atoms with Gasteiger partial charge in [-0.15, -0.1) is 0 Å². The lowest BCUT2D eigenvalue weighted by Crippen LogP contribution is -2.29. The number of nitrogen functional groups attached to an aromatic ring is 1. The van der Waals surface area contributed by atoms with Crippen LogP contribution in [-0.2, 0) is 4.79 Å². The Morgan fingerprint density at radius 1 is 1.31 bits per heavy atom. The van der Waals surface area contributed by atoms with E-state index in [2.05, 4.69) is 14.9 Å². The van der Waals surface area contributed by atoms with Crippen molar-refractivity contribution in [2.75, 3.05) is 10.6 Å². The average molecular weight is 433 g/mol. The van der Waals surface area contributed by atoms with E-state index in [0.29, 0.717) is 5.02 Å². The molecule has 3 heterocycles. The van der Waals surface area contributed by atoms with Gasteiger partial charge in [0.2, 0.25) is 11.6 Å². The molecule has 1 aromatic carbocycles. The van der Waals surface area contributed by atoms with Crippen molar-refractivity contribution in [3.8, 4) is 11.3 Å². The summed E-state index contributed by atoms with van der Waals surface area (Å²) < 4.78 is 10.1. The Morgan fingerprint density at radius 2 is 2.10 bits per heavy atom. The number of furan rings is 1. The fourth-order valence-corrected chi connectivity index (χ4v) is 3.59. The van der Waals surface area contributed by atoms with E-state index in [4.69, 9.17) is 27.2 Å². The van der Waals surface area contributed by atoms with Gasteiger partial charge in [0.05, 0.1) is 15.4 Å². The number of nitro benzene ring substituents is 1. The maximum atomic E-state index is 12.6. The van der Waals surface area contributed by atoms with E-state index >= 15 is 0 Å². The molecule has 29 heavy (non-hydrogen) atoms. The molecule has 0 spiro atoms. The Labute approximate surface area is 170 Å². The topological polar surface area (TPSA) is 165 Å². The van der Waals surface area contributed by atoms with Gasteiger partial charge < -0.3 is 10.2 Å². The molecule has 2 aromatic heterocycles. The van der Waals surface area contributed by atoms with Crippen LogP contribution in [-0.4, -0.2) is 26.3 Å². The first kappa shape index (κ1) is 18.7. The lowest BCUT2D eigenvalue weighted by Gasteiger charge is -2.08. The van der Waals surface area contributed by atoms with Crippen molar-refractivity contribution in [2.45, 2.75) is 0 Å². The molecule has 3 aromatic rings. The fraction of sp³-hybridized carbons (Fsp3) is 0. The summed E-state index contributed by atoms with van der Waals surface area (Å²) in [5, 5.41) is 26.3. The van der Waals surface area contributed by atoms with Crippen LogP contribution in [0.25, 0.3) is 17.4 Å². The van der Waals surface area contributed by atoms with Crippen molar-refractivity contribution in [3.05, 3.63) is 56.1 Å². The molecule has 0 atom stereocenters. The van der Waals surface area contributed by atoms with Crippen molar-refractivity contribution >= 4 is 57.8 Å².